The molecule has 0 bridgehead atoms. The Kier molecular flexibility index (Phi) is 5.31. The maximum absolute atomic E-state index is 3.60. The molecule has 0 heterocycles. The summed E-state index contributed by atoms with van der Waals surface area (Å²) in [6.45, 7) is 13.3. The summed E-state index contributed by atoms with van der Waals surface area (Å²) >= 11 is 0. The molecule has 0 aliphatic carbocycles. The van der Waals surface area contributed by atoms with Gasteiger partial charge in [0.1, 0.15) is 0 Å². The van der Waals surface area contributed by atoms with Gasteiger partial charge in [0.2, 0.25) is 0 Å². The van der Waals surface area contributed by atoms with E-state index in [9.17, 15) is 0 Å². The van der Waals surface area contributed by atoms with Crippen molar-refractivity contribution in [3.8, 4) is 0 Å². The Labute approximate surface area is 83.6 Å². The van der Waals surface area contributed by atoms with E-state index in [1.54, 1.807) is 0 Å². The van der Waals surface area contributed by atoms with Crippen molar-refractivity contribution < 1.29 is 0 Å². The van der Waals surface area contributed by atoms with Crippen molar-refractivity contribution in [3.05, 3.63) is 12.2 Å². The van der Waals surface area contributed by atoms with Gasteiger partial charge in [-0.2, -0.15) is 0 Å². The van der Waals surface area contributed by atoms with Crippen LogP contribution in [0.2, 0.25) is 0 Å². The van der Waals surface area contributed by atoms with Crippen LogP contribution < -0.4 is 5.32 Å². The van der Waals surface area contributed by atoms with Gasteiger partial charge in [0.25, 0.3) is 0 Å². The molecule has 78 valence electrons. The normalized spacial score (nSPS) is 15.6. The lowest BCUT2D eigenvalue weighted by molar-refractivity contribution is 0.283. The Morgan fingerprint density at radius 3 is 2.15 bits per heavy atom. The molecule has 13 heavy (non-hydrogen) atoms. The first-order chi connectivity index (χ1) is 5.94. The van der Waals surface area contributed by atoms with Gasteiger partial charge in [-0.25, -0.2) is 0 Å². The Balaban J connectivity index is 4.36. The molecule has 0 amide bonds. The molecule has 0 aromatic heterocycles. The van der Waals surface area contributed by atoms with Gasteiger partial charge >= 0.3 is 0 Å². The Hall–Kier alpha value is -0.300. The van der Waals surface area contributed by atoms with E-state index in [1.165, 1.54) is 6.42 Å². The predicted octanol–water partition coefficient (Wildman–Crippen LogP) is 3.37. The second-order valence-corrected chi connectivity index (χ2v) is 4.60. The molecule has 0 saturated heterocycles. The summed E-state index contributed by atoms with van der Waals surface area (Å²) in [6, 6.07) is 1.14. The van der Waals surface area contributed by atoms with Gasteiger partial charge in [-0.1, -0.05) is 46.8 Å². The number of hydrogen-bond acceptors (Lipinski definition) is 1. The summed E-state index contributed by atoms with van der Waals surface area (Å²) in [7, 11) is 0. The summed E-state index contributed by atoms with van der Waals surface area (Å²) in [5.41, 5.74) is 0.258. The molecule has 1 nitrogen and oxygen atoms in total. The first kappa shape index (κ1) is 12.7. The van der Waals surface area contributed by atoms with Crippen LogP contribution in [0.15, 0.2) is 12.2 Å². The average molecular weight is 183 g/mol. The zero-order chi connectivity index (χ0) is 10.5. The molecule has 0 aromatic rings. The van der Waals surface area contributed by atoms with Gasteiger partial charge in [-0.15, -0.1) is 0 Å². The second-order valence-electron chi connectivity index (χ2n) is 4.60. The fourth-order valence-corrected chi connectivity index (χ4v) is 1.81. The van der Waals surface area contributed by atoms with Crippen LogP contribution in [0.1, 0.15) is 48.0 Å². The van der Waals surface area contributed by atoms with E-state index >= 15 is 0 Å². The summed E-state index contributed by atoms with van der Waals surface area (Å²) in [5.74, 6) is 0. The minimum atomic E-state index is 0.258. The predicted molar refractivity (Wildman–Crippen MR) is 60.9 cm³/mol. The van der Waals surface area contributed by atoms with Gasteiger partial charge in [-0.05, 0) is 18.8 Å². The van der Waals surface area contributed by atoms with Crippen LogP contribution in [-0.2, 0) is 0 Å². The molecule has 0 aliphatic rings. The minimum Gasteiger partial charge on any atom is -0.311 e. The summed E-state index contributed by atoms with van der Waals surface area (Å²) in [4.78, 5) is 0. The van der Waals surface area contributed by atoms with E-state index in [-0.39, 0.29) is 5.41 Å². The lowest BCUT2D eigenvalue weighted by atomic mass is 9.82. The molecule has 1 N–H and O–H groups in total. The van der Waals surface area contributed by atoms with Crippen LogP contribution in [0.5, 0.6) is 0 Å². The van der Waals surface area contributed by atoms with Crippen molar-refractivity contribution in [2.24, 2.45) is 5.41 Å². The molecule has 0 spiro atoms. The van der Waals surface area contributed by atoms with E-state index in [4.69, 9.17) is 0 Å². The maximum Gasteiger partial charge on any atom is 0.0152 e. The molecule has 0 saturated carbocycles. The Morgan fingerprint density at radius 1 is 1.31 bits per heavy atom. The second kappa shape index (κ2) is 5.43. The largest absolute Gasteiger partial charge is 0.311 e. The Bertz CT molecular complexity index is 157. The lowest BCUT2D eigenvalue weighted by Gasteiger charge is -2.33. The number of rotatable bonds is 5. The third kappa shape index (κ3) is 4.47. The zero-order valence-corrected chi connectivity index (χ0v) is 10.0. The van der Waals surface area contributed by atoms with E-state index in [0.717, 1.165) is 0 Å². The fraction of sp³-hybridized carbons (Fsp3) is 0.833. The molecular weight excluding hydrogens is 158 g/mol. The third-order valence-corrected chi connectivity index (χ3v) is 2.44. The maximum atomic E-state index is 3.60. The smallest absolute Gasteiger partial charge is 0.0152 e. The molecule has 0 aromatic carbocycles. The van der Waals surface area contributed by atoms with Gasteiger partial charge in [0, 0.05) is 12.1 Å². The molecular formula is C12H25N. The highest BCUT2D eigenvalue weighted by atomic mass is 14.9. The van der Waals surface area contributed by atoms with E-state index in [1.807, 2.05) is 0 Å². The number of allylic oxidation sites excluding steroid dienone is 1. The minimum absolute atomic E-state index is 0.258. The summed E-state index contributed by atoms with van der Waals surface area (Å²) < 4.78 is 0. The van der Waals surface area contributed by atoms with Crippen molar-refractivity contribution in [3.63, 3.8) is 0 Å². The Morgan fingerprint density at radius 2 is 1.85 bits per heavy atom. The zero-order valence-electron chi connectivity index (χ0n) is 10.0. The quantitative estimate of drug-likeness (QED) is 0.644. The van der Waals surface area contributed by atoms with Crippen LogP contribution in [0.4, 0.5) is 0 Å². The van der Waals surface area contributed by atoms with Gasteiger partial charge in [0.15, 0.2) is 0 Å². The highest BCUT2D eigenvalue weighted by Gasteiger charge is 2.25. The summed E-state index contributed by atoms with van der Waals surface area (Å²) in [5, 5.41) is 3.60. The molecule has 0 fully saturated rings. The van der Waals surface area contributed by atoms with Crippen LogP contribution in [0, 0.1) is 5.41 Å². The van der Waals surface area contributed by atoms with E-state index in [0.29, 0.717) is 12.1 Å². The summed E-state index contributed by atoms with van der Waals surface area (Å²) in [6.07, 6.45) is 5.61. The van der Waals surface area contributed by atoms with E-state index in [2.05, 4.69) is 59.0 Å². The number of hydrogen-bond donors (Lipinski definition) is 1. The first-order valence-corrected chi connectivity index (χ1v) is 5.34. The molecule has 0 rings (SSSR count). The average Bonchev–Trinajstić information content (AvgIpc) is 1.99. The standard InChI is InChI=1S/C12H25N/c1-7-9-12(5,6)11(8-2)13-10(3)4/h7,9-11,13H,8H2,1-6H3. The van der Waals surface area contributed by atoms with Gasteiger partial charge < -0.3 is 5.32 Å². The lowest BCUT2D eigenvalue weighted by Crippen LogP contribution is -2.43. The highest BCUT2D eigenvalue weighted by Crippen LogP contribution is 2.25. The van der Waals surface area contributed by atoms with Gasteiger partial charge in [-0.3, -0.25) is 0 Å². The van der Waals surface area contributed by atoms with Gasteiger partial charge in [0.05, 0.1) is 0 Å². The molecule has 1 atom stereocenters. The number of nitrogens with one attached hydrogen (secondary N) is 1. The highest BCUT2D eigenvalue weighted by molar-refractivity contribution is 5.00. The first-order valence-electron chi connectivity index (χ1n) is 5.34. The molecule has 1 heteroatoms. The fourth-order valence-electron chi connectivity index (χ4n) is 1.81. The van der Waals surface area contributed by atoms with Crippen molar-refractivity contribution in [2.45, 2.75) is 60.0 Å². The van der Waals surface area contributed by atoms with Crippen LogP contribution >= 0.6 is 0 Å². The molecule has 1 unspecified atom stereocenters. The van der Waals surface area contributed by atoms with Crippen molar-refractivity contribution in [1.82, 2.24) is 5.32 Å². The molecule has 0 aliphatic heterocycles. The SMILES string of the molecule is CC=CC(C)(C)C(CC)NC(C)C. The van der Waals surface area contributed by atoms with Crippen LogP contribution in [0.25, 0.3) is 0 Å². The third-order valence-electron chi connectivity index (χ3n) is 2.44. The van der Waals surface area contributed by atoms with Crippen LogP contribution in [0.3, 0.4) is 0 Å². The molecule has 0 radical (unpaired) electrons. The van der Waals surface area contributed by atoms with E-state index < -0.39 is 0 Å². The van der Waals surface area contributed by atoms with Crippen molar-refractivity contribution >= 4 is 0 Å². The van der Waals surface area contributed by atoms with Crippen LogP contribution in [-0.4, -0.2) is 12.1 Å². The monoisotopic (exact) mass is 183 g/mol. The topological polar surface area (TPSA) is 12.0 Å². The van der Waals surface area contributed by atoms with Crippen molar-refractivity contribution in [1.29, 1.82) is 0 Å². The van der Waals surface area contributed by atoms with Crippen molar-refractivity contribution in [2.75, 3.05) is 0 Å².